The lowest BCUT2D eigenvalue weighted by atomic mass is 10.1. The lowest BCUT2D eigenvalue weighted by Gasteiger charge is -2.37. The number of alkyl halides is 3. The molecule has 0 saturated heterocycles. The van der Waals surface area contributed by atoms with Gasteiger partial charge in [0, 0.05) is 19.7 Å². The van der Waals surface area contributed by atoms with Crippen LogP contribution in [0, 0.1) is 0 Å². The van der Waals surface area contributed by atoms with Gasteiger partial charge in [0.15, 0.2) is 5.82 Å². The van der Waals surface area contributed by atoms with Gasteiger partial charge in [-0.25, -0.2) is 9.99 Å². The van der Waals surface area contributed by atoms with Gasteiger partial charge in [-0.3, -0.25) is 0 Å². The monoisotopic (exact) mass is 357 g/mol. The molecule has 9 heteroatoms. The average molecular weight is 359 g/mol. The Bertz CT molecular complexity index is 535. The molecule has 0 aliphatic carbocycles. The summed E-state index contributed by atoms with van der Waals surface area (Å²) in [6, 6.07) is 3.25. The number of ether oxygens (including phenoxy) is 1. The molecule has 1 aromatic rings. The van der Waals surface area contributed by atoms with E-state index in [1.54, 1.807) is 12.1 Å². The molecule has 0 spiro atoms. The summed E-state index contributed by atoms with van der Waals surface area (Å²) < 4.78 is 2.99. The van der Waals surface area contributed by atoms with Crippen molar-refractivity contribution < 1.29 is 9.84 Å². The van der Waals surface area contributed by atoms with Crippen LogP contribution in [0.25, 0.3) is 0 Å². The normalized spacial score (nSPS) is 23.1. The van der Waals surface area contributed by atoms with E-state index in [0.717, 1.165) is 5.01 Å². The van der Waals surface area contributed by atoms with E-state index in [-0.39, 0.29) is 23.9 Å². The highest BCUT2D eigenvalue weighted by Gasteiger charge is 2.57. The first kappa shape index (κ1) is 16.1. The number of rotatable bonds is 3. The topological polar surface area (TPSA) is 58.0 Å². The molecule has 0 amide bonds. The van der Waals surface area contributed by atoms with Crippen molar-refractivity contribution in [3.63, 3.8) is 0 Å². The van der Waals surface area contributed by atoms with Gasteiger partial charge in [-0.05, 0) is 12.1 Å². The van der Waals surface area contributed by atoms with Crippen molar-refractivity contribution in [1.82, 2.24) is 4.98 Å². The zero-order valence-electron chi connectivity index (χ0n) is 10.4. The molecule has 5 nitrogen and oxygen atoms in total. The fourth-order valence-electron chi connectivity index (χ4n) is 1.84. The van der Waals surface area contributed by atoms with Crippen LogP contribution in [0.2, 0.25) is 5.02 Å². The Hall–Kier alpha value is -0.300. The fourth-order valence-corrected chi connectivity index (χ4v) is 2.48. The summed E-state index contributed by atoms with van der Waals surface area (Å²) in [7, 11) is 1.51. The average Bonchev–Trinajstić information content (AvgIpc) is 2.68. The molecule has 1 atom stereocenters. The molecule has 0 saturated carbocycles. The van der Waals surface area contributed by atoms with Crippen LogP contribution in [-0.4, -0.2) is 39.0 Å². The quantitative estimate of drug-likeness (QED) is 0.844. The zero-order valence-corrected chi connectivity index (χ0v) is 13.4. The number of anilines is 1. The van der Waals surface area contributed by atoms with Gasteiger partial charge in [-0.1, -0.05) is 46.4 Å². The lowest BCUT2D eigenvalue weighted by Crippen LogP contribution is -2.53. The molecule has 110 valence electrons. The van der Waals surface area contributed by atoms with Crippen molar-refractivity contribution in [2.45, 2.75) is 15.9 Å². The Morgan fingerprint density at radius 2 is 2.20 bits per heavy atom. The summed E-state index contributed by atoms with van der Waals surface area (Å²) in [5, 5.41) is 16.3. The van der Waals surface area contributed by atoms with Gasteiger partial charge in [-0.15, -0.1) is 0 Å². The molecule has 0 radical (unpaired) electrons. The minimum atomic E-state index is -2.01. The molecule has 2 rings (SSSR count). The molecule has 0 aromatic carbocycles. The second-order valence-corrected chi connectivity index (χ2v) is 6.90. The summed E-state index contributed by atoms with van der Waals surface area (Å²) in [6.45, 7) is 0.198. The van der Waals surface area contributed by atoms with Gasteiger partial charge in [0.05, 0.1) is 17.3 Å². The van der Waals surface area contributed by atoms with E-state index in [9.17, 15) is 5.11 Å². The number of aromatic nitrogens is 1. The highest BCUT2D eigenvalue weighted by atomic mass is 35.6. The van der Waals surface area contributed by atoms with Crippen molar-refractivity contribution in [1.29, 1.82) is 0 Å². The second kappa shape index (κ2) is 5.83. The van der Waals surface area contributed by atoms with Crippen LogP contribution in [0.1, 0.15) is 6.42 Å². The number of hydrogen-bond donors (Lipinski definition) is 1. The molecule has 1 unspecified atom stereocenters. The van der Waals surface area contributed by atoms with Gasteiger partial charge < -0.3 is 9.84 Å². The van der Waals surface area contributed by atoms with Gasteiger partial charge >= 0.3 is 0 Å². The number of hydrazone groups is 1. The van der Waals surface area contributed by atoms with Crippen LogP contribution in [0.15, 0.2) is 23.4 Å². The third-order valence-electron chi connectivity index (χ3n) is 2.75. The van der Waals surface area contributed by atoms with Crippen molar-refractivity contribution in [2.24, 2.45) is 5.10 Å². The molecule has 1 aromatic heterocycles. The maximum atomic E-state index is 10.7. The van der Waals surface area contributed by atoms with E-state index < -0.39 is 9.52 Å². The molecule has 0 bridgehead atoms. The van der Waals surface area contributed by atoms with Gasteiger partial charge in [0.25, 0.3) is 0 Å². The number of halogens is 4. The minimum Gasteiger partial charge on any atom is -0.379 e. The highest BCUT2D eigenvalue weighted by molar-refractivity contribution is 6.68. The number of hydrogen-bond acceptors (Lipinski definition) is 5. The van der Waals surface area contributed by atoms with E-state index in [4.69, 9.17) is 51.1 Å². The maximum Gasteiger partial charge on any atom is 0.239 e. The Morgan fingerprint density at radius 3 is 2.75 bits per heavy atom. The molecule has 0 fully saturated rings. The first-order valence-electron chi connectivity index (χ1n) is 5.55. The summed E-state index contributed by atoms with van der Waals surface area (Å²) in [5.74, 6) is 0.203. The molecule has 2 heterocycles. The standard InChI is InChI=1S/C11H11Cl4N3O2/c1-20-6-7-5-10(19,11(13,14)15)18(17-7)9-8(12)3-2-4-16-9/h2-4,19H,5-6H2,1H3. The van der Waals surface area contributed by atoms with Crippen LogP contribution in [0.5, 0.6) is 0 Å². The van der Waals surface area contributed by atoms with Crippen LogP contribution < -0.4 is 5.01 Å². The maximum absolute atomic E-state index is 10.7. The summed E-state index contributed by atoms with van der Waals surface area (Å²) in [4.78, 5) is 4.07. The van der Waals surface area contributed by atoms with Gasteiger partial charge in [0.1, 0.15) is 0 Å². The number of methoxy groups -OCH3 is 1. The van der Waals surface area contributed by atoms with E-state index in [1.807, 2.05) is 0 Å². The summed E-state index contributed by atoms with van der Waals surface area (Å²) >= 11 is 23.8. The van der Waals surface area contributed by atoms with E-state index in [1.165, 1.54) is 13.3 Å². The van der Waals surface area contributed by atoms with E-state index >= 15 is 0 Å². The van der Waals surface area contributed by atoms with Crippen molar-refractivity contribution >= 4 is 57.9 Å². The van der Waals surface area contributed by atoms with Crippen LogP contribution in [0.3, 0.4) is 0 Å². The predicted octanol–water partition coefficient (Wildman–Crippen LogP) is 3.01. The second-order valence-electron chi connectivity index (χ2n) is 4.21. The number of nitrogens with zero attached hydrogens (tertiary/aromatic N) is 3. The van der Waals surface area contributed by atoms with Gasteiger partial charge in [-0.2, -0.15) is 5.10 Å². The SMILES string of the molecule is COCC1=NN(c2ncccc2Cl)C(O)(C(Cl)(Cl)Cl)C1. The lowest BCUT2D eigenvalue weighted by molar-refractivity contribution is 0.0550. The van der Waals surface area contributed by atoms with Gasteiger partial charge in [0.2, 0.25) is 9.52 Å². The summed E-state index contributed by atoms with van der Waals surface area (Å²) in [5.41, 5.74) is -1.37. The number of pyridine rings is 1. The van der Waals surface area contributed by atoms with Crippen molar-refractivity contribution in [3.8, 4) is 0 Å². The predicted molar refractivity (Wildman–Crippen MR) is 80.9 cm³/mol. The third-order valence-corrected chi connectivity index (χ3v) is 3.95. The smallest absolute Gasteiger partial charge is 0.239 e. The molecular formula is C11H11Cl4N3O2. The molecule has 1 aliphatic rings. The van der Waals surface area contributed by atoms with Crippen molar-refractivity contribution in [2.75, 3.05) is 18.7 Å². The fraction of sp³-hybridized carbons (Fsp3) is 0.455. The van der Waals surface area contributed by atoms with Crippen LogP contribution in [-0.2, 0) is 4.74 Å². The zero-order chi connectivity index (χ0) is 15.0. The minimum absolute atomic E-state index is 0.00421. The van der Waals surface area contributed by atoms with Crippen LogP contribution in [0.4, 0.5) is 5.82 Å². The van der Waals surface area contributed by atoms with E-state index in [2.05, 4.69) is 10.1 Å². The Balaban J connectivity index is 2.48. The summed E-state index contributed by atoms with van der Waals surface area (Å²) in [6.07, 6.45) is 1.51. The first-order valence-corrected chi connectivity index (χ1v) is 7.06. The van der Waals surface area contributed by atoms with Crippen molar-refractivity contribution in [3.05, 3.63) is 23.4 Å². The molecule has 20 heavy (non-hydrogen) atoms. The molecule has 1 N–H and O–H groups in total. The van der Waals surface area contributed by atoms with Crippen LogP contribution >= 0.6 is 46.4 Å². The largest absolute Gasteiger partial charge is 0.379 e. The Labute approximate surface area is 136 Å². The number of aliphatic hydroxyl groups is 1. The first-order chi connectivity index (χ1) is 9.29. The Morgan fingerprint density at radius 1 is 1.50 bits per heavy atom. The third kappa shape index (κ3) is 2.84. The molecular weight excluding hydrogens is 348 g/mol. The highest BCUT2D eigenvalue weighted by Crippen LogP contribution is 2.47. The van der Waals surface area contributed by atoms with E-state index in [0.29, 0.717) is 5.71 Å². The molecule has 1 aliphatic heterocycles. The Kier molecular flexibility index (Phi) is 4.69.